The van der Waals surface area contributed by atoms with Crippen LogP contribution in [0, 0.1) is 23.3 Å². The molecule has 0 aliphatic rings. The van der Waals surface area contributed by atoms with Gasteiger partial charge in [0.05, 0.1) is 6.42 Å². The van der Waals surface area contributed by atoms with Crippen LogP contribution in [0.5, 0.6) is 5.75 Å². The molecule has 3 aromatic rings. The van der Waals surface area contributed by atoms with Crippen molar-refractivity contribution in [1.82, 2.24) is 15.1 Å². The minimum absolute atomic E-state index is 0.0558. The Balaban J connectivity index is 1.85. The first-order valence-electron chi connectivity index (χ1n) is 13.0. The molecule has 1 amide bonds. The van der Waals surface area contributed by atoms with Gasteiger partial charge in [-0.15, -0.1) is 0 Å². The molecule has 3 rings (SSSR count). The van der Waals surface area contributed by atoms with Crippen molar-refractivity contribution in [3.63, 3.8) is 0 Å². The molecule has 43 heavy (non-hydrogen) atoms. The van der Waals surface area contributed by atoms with E-state index in [4.69, 9.17) is 0 Å². The van der Waals surface area contributed by atoms with E-state index in [2.05, 4.69) is 15.2 Å². The maximum absolute atomic E-state index is 13.9. The van der Waals surface area contributed by atoms with Gasteiger partial charge in [-0.25, -0.2) is 8.78 Å². The predicted octanol–water partition coefficient (Wildman–Crippen LogP) is 4.16. The molecule has 1 atom stereocenters. The van der Waals surface area contributed by atoms with Crippen molar-refractivity contribution in [1.29, 1.82) is 0 Å². The highest BCUT2D eigenvalue weighted by atomic mass is 19.2. The number of nitrogens with zero attached hydrogens (tertiary/aromatic N) is 2. The number of ether oxygens (including phenoxy) is 1. The summed E-state index contributed by atoms with van der Waals surface area (Å²) in [6.07, 6.45) is 1.76. The monoisotopic (exact) mass is 603 g/mol. The number of hydrogen-bond donors (Lipinski definition) is 2. The predicted molar refractivity (Wildman–Crippen MR) is 147 cm³/mol. The van der Waals surface area contributed by atoms with Crippen LogP contribution < -0.4 is 15.6 Å². The Kier molecular flexibility index (Phi) is 10.2. The summed E-state index contributed by atoms with van der Waals surface area (Å²) in [5.41, 5.74) is 1.00. The van der Waals surface area contributed by atoms with Crippen LogP contribution in [-0.4, -0.2) is 45.2 Å². The number of carboxylic acid groups (broad SMARTS) is 1. The summed E-state index contributed by atoms with van der Waals surface area (Å²) in [6, 6.07) is 7.20. The van der Waals surface area contributed by atoms with E-state index >= 15 is 0 Å². The van der Waals surface area contributed by atoms with Crippen molar-refractivity contribution in [2.75, 3.05) is 6.61 Å². The number of nitrogens with one attached hydrogen (secondary N) is 1. The number of ketones is 1. The van der Waals surface area contributed by atoms with Crippen LogP contribution in [0.15, 0.2) is 53.5 Å². The number of rotatable bonds is 11. The minimum Gasteiger partial charge on any atom is -0.481 e. The average molecular weight is 604 g/mol. The number of aromatic nitrogens is 2. The minimum atomic E-state index is -1.91. The van der Waals surface area contributed by atoms with Gasteiger partial charge in [-0.1, -0.05) is 51.1 Å². The Hall–Kier alpha value is -4.81. The van der Waals surface area contributed by atoms with Gasteiger partial charge in [0, 0.05) is 24.2 Å². The number of hydrogen-bond acceptors (Lipinski definition) is 6. The highest BCUT2D eigenvalue weighted by Crippen LogP contribution is 2.28. The number of amides is 1. The maximum Gasteiger partial charge on any atom is 0.305 e. The summed E-state index contributed by atoms with van der Waals surface area (Å²) >= 11 is 0. The molecule has 2 N–H and O–H groups in total. The number of carboxylic acids is 1. The molecule has 0 radical (unpaired) electrons. The third kappa shape index (κ3) is 7.73. The molecule has 0 aliphatic heterocycles. The fraction of sp³-hybridized carbons (Fsp3) is 0.300. The van der Waals surface area contributed by atoms with Crippen LogP contribution in [0.3, 0.4) is 0 Å². The van der Waals surface area contributed by atoms with Gasteiger partial charge < -0.3 is 15.2 Å². The smallest absolute Gasteiger partial charge is 0.305 e. The third-order valence-corrected chi connectivity index (χ3v) is 6.37. The topological polar surface area (TPSA) is 128 Å². The Morgan fingerprint density at radius 3 is 2.26 bits per heavy atom. The third-order valence-electron chi connectivity index (χ3n) is 6.37. The molecule has 0 aliphatic carbocycles. The average Bonchev–Trinajstić information content (AvgIpc) is 2.93. The Morgan fingerprint density at radius 1 is 1.05 bits per heavy atom. The first-order chi connectivity index (χ1) is 20.1. The number of halogens is 4. The van der Waals surface area contributed by atoms with Gasteiger partial charge in [0.25, 0.3) is 11.5 Å². The van der Waals surface area contributed by atoms with Gasteiger partial charge in [-0.3, -0.25) is 19.2 Å². The second kappa shape index (κ2) is 13.4. The lowest BCUT2D eigenvalue weighted by Gasteiger charge is -2.23. The molecule has 13 heteroatoms. The fourth-order valence-corrected chi connectivity index (χ4v) is 4.29. The second-order valence-corrected chi connectivity index (χ2v) is 10.5. The molecule has 1 heterocycles. The molecule has 2 aromatic carbocycles. The van der Waals surface area contributed by atoms with Gasteiger partial charge in [0.1, 0.15) is 18.3 Å². The lowest BCUT2D eigenvalue weighted by Crippen LogP contribution is -2.46. The zero-order valence-electron chi connectivity index (χ0n) is 23.7. The van der Waals surface area contributed by atoms with Crippen LogP contribution in [0.25, 0.3) is 5.70 Å². The van der Waals surface area contributed by atoms with Crippen molar-refractivity contribution in [2.45, 2.75) is 52.0 Å². The van der Waals surface area contributed by atoms with Gasteiger partial charge in [-0.2, -0.15) is 18.6 Å². The largest absolute Gasteiger partial charge is 0.481 e. The lowest BCUT2D eigenvalue weighted by molar-refractivity contribution is -0.140. The highest BCUT2D eigenvalue weighted by molar-refractivity contribution is 6.14. The van der Waals surface area contributed by atoms with Gasteiger partial charge in [0.15, 0.2) is 23.2 Å². The molecule has 0 saturated carbocycles. The van der Waals surface area contributed by atoms with Crippen molar-refractivity contribution in [3.05, 3.63) is 99.0 Å². The van der Waals surface area contributed by atoms with Crippen LogP contribution in [0.1, 0.15) is 50.8 Å². The van der Waals surface area contributed by atoms with E-state index in [9.17, 15) is 41.8 Å². The second-order valence-electron chi connectivity index (χ2n) is 10.5. The zero-order valence-corrected chi connectivity index (χ0v) is 23.7. The molecule has 0 saturated heterocycles. The molecule has 0 bridgehead atoms. The molecular formula is C30H29F4N3O6. The van der Waals surface area contributed by atoms with Gasteiger partial charge >= 0.3 is 5.97 Å². The van der Waals surface area contributed by atoms with Crippen LogP contribution in [0.4, 0.5) is 17.6 Å². The van der Waals surface area contributed by atoms with Crippen LogP contribution in [0.2, 0.25) is 0 Å². The quantitative estimate of drug-likeness (QED) is 0.192. The van der Waals surface area contributed by atoms with Crippen LogP contribution in [-0.2, 0) is 26.2 Å². The van der Waals surface area contributed by atoms with Crippen molar-refractivity contribution in [3.8, 4) is 5.75 Å². The standard InChI is InChI=1S/C30H29F4N3O6/c1-5-22(37-29(42)17(10-11-35-37)12-16-8-6-7-9-18(16)30(2,3)4)28(41)36-21(14-24(39)40)23(38)15-43-27-25(33)19(31)13-20(32)26(27)34/h5-11,13,21H,12,14-15H2,1-4H3,(H,36,41)(H,39,40)/b22-5+/t21-/m0/s1. The van der Waals surface area contributed by atoms with Crippen LogP contribution >= 0.6 is 0 Å². The molecule has 9 nitrogen and oxygen atoms in total. The molecule has 0 unspecified atom stereocenters. The Labute approximate surface area is 243 Å². The maximum atomic E-state index is 13.9. The Morgan fingerprint density at radius 2 is 1.67 bits per heavy atom. The first kappa shape index (κ1) is 32.7. The van der Waals surface area contributed by atoms with E-state index in [1.54, 1.807) is 0 Å². The zero-order chi connectivity index (χ0) is 32.1. The van der Waals surface area contributed by atoms with E-state index in [1.807, 2.05) is 45.0 Å². The lowest BCUT2D eigenvalue weighted by atomic mass is 9.82. The van der Waals surface area contributed by atoms with Crippen molar-refractivity contribution >= 4 is 23.4 Å². The number of carbonyl (C=O) groups is 3. The van der Waals surface area contributed by atoms with E-state index in [0.717, 1.165) is 15.8 Å². The number of allylic oxidation sites excluding steroid dienone is 1. The number of benzene rings is 2. The van der Waals surface area contributed by atoms with E-state index < -0.39 is 71.3 Å². The fourth-order valence-electron chi connectivity index (χ4n) is 4.29. The molecule has 228 valence electrons. The summed E-state index contributed by atoms with van der Waals surface area (Å²) in [5, 5.41) is 15.4. The molecule has 0 spiro atoms. The van der Waals surface area contributed by atoms with E-state index in [-0.39, 0.29) is 23.6 Å². The summed E-state index contributed by atoms with van der Waals surface area (Å²) in [5.74, 6) is -12.7. The number of carbonyl (C=O) groups excluding carboxylic acids is 2. The molecule has 1 aromatic heterocycles. The SMILES string of the molecule is C/C=C(\C(=O)N[C@@H](CC(=O)O)C(=O)COc1c(F)c(F)cc(F)c1F)n1nccc(Cc2ccccc2C(C)(C)C)c1=O. The van der Waals surface area contributed by atoms with Crippen molar-refractivity contribution < 1.29 is 41.8 Å². The summed E-state index contributed by atoms with van der Waals surface area (Å²) in [7, 11) is 0. The molecular weight excluding hydrogens is 574 g/mol. The van der Waals surface area contributed by atoms with E-state index in [1.165, 1.54) is 25.3 Å². The van der Waals surface area contributed by atoms with Gasteiger partial charge in [-0.05, 0) is 29.5 Å². The normalized spacial score (nSPS) is 12.5. The number of aliphatic carboxylic acids is 1. The van der Waals surface area contributed by atoms with Gasteiger partial charge in [0.2, 0.25) is 11.6 Å². The summed E-state index contributed by atoms with van der Waals surface area (Å²) < 4.78 is 60.2. The highest BCUT2D eigenvalue weighted by Gasteiger charge is 2.29. The van der Waals surface area contributed by atoms with Crippen molar-refractivity contribution in [2.24, 2.45) is 0 Å². The van der Waals surface area contributed by atoms with E-state index in [0.29, 0.717) is 5.56 Å². The summed E-state index contributed by atoms with van der Waals surface area (Å²) in [4.78, 5) is 50.7. The molecule has 0 fully saturated rings. The first-order valence-corrected chi connectivity index (χ1v) is 13.0. The number of Topliss-reactive ketones (excluding diaryl/α,β-unsaturated/α-hetero) is 1. The summed E-state index contributed by atoms with van der Waals surface area (Å²) in [6.45, 7) is 6.25. The Bertz CT molecular complexity index is 1620.